The van der Waals surface area contributed by atoms with Crippen molar-refractivity contribution in [3.05, 3.63) is 54.1 Å². The Morgan fingerprint density at radius 1 is 1.41 bits per heavy atom. The zero-order chi connectivity index (χ0) is 15.2. The molecule has 1 N–H and O–H groups in total. The number of nitrogens with one attached hydrogen (secondary N) is 1. The monoisotopic (exact) mass is 311 g/mol. The van der Waals surface area contributed by atoms with Gasteiger partial charge in [-0.1, -0.05) is 54.3 Å². The van der Waals surface area contributed by atoms with Gasteiger partial charge in [-0.05, 0) is 18.4 Å². The number of fused-ring (bicyclic) bond motifs is 2. The Balaban J connectivity index is 1.59. The first kappa shape index (κ1) is 13.6. The zero-order valence-corrected chi connectivity index (χ0v) is 13.1. The highest BCUT2D eigenvalue weighted by molar-refractivity contribution is 8.15. The minimum Gasteiger partial charge on any atom is -0.312 e. The summed E-state index contributed by atoms with van der Waals surface area (Å²) in [7, 11) is 1.82. The fourth-order valence-corrected chi connectivity index (χ4v) is 4.53. The summed E-state index contributed by atoms with van der Waals surface area (Å²) in [6.45, 7) is 0. The van der Waals surface area contributed by atoms with Crippen LogP contribution in [0.5, 0.6) is 0 Å². The van der Waals surface area contributed by atoms with Gasteiger partial charge in [0.1, 0.15) is 0 Å². The maximum absolute atomic E-state index is 12.8. The number of carbonyl (C=O) groups excluding carboxylic acids is 1. The van der Waals surface area contributed by atoms with Gasteiger partial charge < -0.3 is 4.90 Å². The molecule has 2 atom stereocenters. The Labute approximate surface area is 134 Å². The van der Waals surface area contributed by atoms with Crippen molar-refractivity contribution in [1.82, 2.24) is 5.43 Å². The average molecular weight is 311 g/mol. The molecular weight excluding hydrogens is 294 g/mol. The third-order valence-electron chi connectivity index (χ3n) is 4.37. The molecule has 0 saturated carbocycles. The number of nitrogens with zero attached hydrogens (tertiary/aromatic N) is 2. The Hall–Kier alpha value is -2.01. The van der Waals surface area contributed by atoms with Gasteiger partial charge in [-0.3, -0.25) is 10.2 Å². The number of allylic oxidation sites excluding steroid dienone is 4. The van der Waals surface area contributed by atoms with Gasteiger partial charge in [0, 0.05) is 19.0 Å². The SMILES string of the molecule is CN1C(=O)C2(NN=C(CC3C=CC=CC3)S2)c2ccccc21. The molecule has 4 nitrogen and oxygen atoms in total. The lowest BCUT2D eigenvalue weighted by molar-refractivity contribution is -0.120. The van der Waals surface area contributed by atoms with E-state index in [-0.39, 0.29) is 5.91 Å². The number of rotatable bonds is 2. The molecule has 0 aromatic heterocycles. The summed E-state index contributed by atoms with van der Waals surface area (Å²) in [5.74, 6) is 0.522. The summed E-state index contributed by atoms with van der Waals surface area (Å²) < 4.78 is 0. The summed E-state index contributed by atoms with van der Waals surface area (Å²) in [5.41, 5.74) is 5.09. The summed E-state index contributed by atoms with van der Waals surface area (Å²) in [4.78, 5) is 13.7. The number of benzene rings is 1. The second-order valence-electron chi connectivity index (χ2n) is 5.79. The van der Waals surface area contributed by atoms with Crippen LogP contribution in [0.15, 0.2) is 53.7 Å². The fourth-order valence-electron chi connectivity index (χ4n) is 3.19. The number of amides is 1. The zero-order valence-electron chi connectivity index (χ0n) is 12.3. The quantitative estimate of drug-likeness (QED) is 0.913. The maximum atomic E-state index is 12.8. The van der Waals surface area contributed by atoms with Crippen molar-refractivity contribution in [3.63, 3.8) is 0 Å². The summed E-state index contributed by atoms with van der Waals surface area (Å²) in [5, 5.41) is 5.48. The van der Waals surface area contributed by atoms with Crippen LogP contribution in [-0.2, 0) is 9.67 Å². The molecule has 2 heterocycles. The topological polar surface area (TPSA) is 44.7 Å². The van der Waals surface area contributed by atoms with Gasteiger partial charge in [0.05, 0.1) is 10.7 Å². The average Bonchev–Trinajstić information content (AvgIpc) is 3.07. The first-order valence-electron chi connectivity index (χ1n) is 7.44. The van der Waals surface area contributed by atoms with Crippen molar-refractivity contribution in [2.45, 2.75) is 17.7 Å². The van der Waals surface area contributed by atoms with Crippen LogP contribution in [0.1, 0.15) is 18.4 Å². The molecule has 0 saturated heterocycles. The Kier molecular flexibility index (Phi) is 3.11. The largest absolute Gasteiger partial charge is 0.312 e. The van der Waals surface area contributed by atoms with E-state index in [9.17, 15) is 4.79 Å². The molecule has 1 aromatic rings. The number of hydrogen-bond acceptors (Lipinski definition) is 4. The van der Waals surface area contributed by atoms with Crippen LogP contribution in [0.4, 0.5) is 5.69 Å². The lowest BCUT2D eigenvalue weighted by Crippen LogP contribution is -2.43. The lowest BCUT2D eigenvalue weighted by atomic mass is 9.98. The molecule has 2 aliphatic heterocycles. The third-order valence-corrected chi connectivity index (χ3v) is 5.65. The first-order chi connectivity index (χ1) is 10.7. The molecule has 0 radical (unpaired) electrons. The van der Waals surface area contributed by atoms with E-state index < -0.39 is 4.87 Å². The van der Waals surface area contributed by atoms with Crippen LogP contribution in [0, 0.1) is 5.92 Å². The van der Waals surface area contributed by atoms with Gasteiger partial charge in [0.2, 0.25) is 4.87 Å². The molecule has 112 valence electrons. The fraction of sp³-hybridized carbons (Fsp3) is 0.294. The van der Waals surface area contributed by atoms with Crippen molar-refractivity contribution in [3.8, 4) is 0 Å². The minimum atomic E-state index is -0.769. The number of carbonyl (C=O) groups is 1. The molecule has 1 aliphatic carbocycles. The van der Waals surface area contributed by atoms with Crippen LogP contribution in [-0.4, -0.2) is 18.0 Å². The second kappa shape index (κ2) is 5.02. The normalized spacial score (nSPS) is 29.0. The van der Waals surface area contributed by atoms with Crippen molar-refractivity contribution >= 4 is 28.4 Å². The smallest absolute Gasteiger partial charge is 0.269 e. The van der Waals surface area contributed by atoms with Gasteiger partial charge in [-0.15, -0.1) is 0 Å². The number of likely N-dealkylation sites (N-methyl/N-ethyl adjacent to an activating group) is 1. The van der Waals surface area contributed by atoms with Crippen molar-refractivity contribution in [2.24, 2.45) is 11.0 Å². The Morgan fingerprint density at radius 2 is 2.27 bits per heavy atom. The van der Waals surface area contributed by atoms with E-state index in [1.165, 1.54) is 0 Å². The molecule has 4 rings (SSSR count). The van der Waals surface area contributed by atoms with Crippen LogP contribution >= 0.6 is 11.8 Å². The van der Waals surface area contributed by atoms with E-state index >= 15 is 0 Å². The van der Waals surface area contributed by atoms with E-state index in [4.69, 9.17) is 0 Å². The molecule has 3 aliphatic rings. The van der Waals surface area contributed by atoms with Crippen molar-refractivity contribution in [1.29, 1.82) is 0 Å². The summed E-state index contributed by atoms with van der Waals surface area (Å²) in [6, 6.07) is 7.93. The van der Waals surface area contributed by atoms with Gasteiger partial charge in [-0.25, -0.2) is 0 Å². The van der Waals surface area contributed by atoms with Crippen molar-refractivity contribution < 1.29 is 4.79 Å². The van der Waals surface area contributed by atoms with Crippen LogP contribution in [0.2, 0.25) is 0 Å². The van der Waals surface area contributed by atoms with Gasteiger partial charge in [0.15, 0.2) is 0 Å². The molecule has 1 amide bonds. The van der Waals surface area contributed by atoms with Gasteiger partial charge in [-0.2, -0.15) is 5.10 Å². The molecule has 0 fully saturated rings. The van der Waals surface area contributed by atoms with Crippen LogP contribution < -0.4 is 10.3 Å². The van der Waals surface area contributed by atoms with Crippen LogP contribution in [0.3, 0.4) is 0 Å². The predicted octanol–water partition coefficient (Wildman–Crippen LogP) is 2.99. The van der Waals surface area contributed by atoms with E-state index in [1.807, 2.05) is 31.3 Å². The number of para-hydroxylation sites is 1. The molecular formula is C17H17N3OS. The summed E-state index contributed by atoms with van der Waals surface area (Å²) >= 11 is 1.56. The minimum absolute atomic E-state index is 0.0523. The maximum Gasteiger partial charge on any atom is 0.269 e. The lowest BCUT2D eigenvalue weighted by Gasteiger charge is -2.21. The number of thioether (sulfide) groups is 1. The summed E-state index contributed by atoms with van der Waals surface area (Å²) in [6.07, 6.45) is 10.5. The highest BCUT2D eigenvalue weighted by Crippen LogP contribution is 2.49. The molecule has 1 aromatic carbocycles. The van der Waals surface area contributed by atoms with Crippen LogP contribution in [0.25, 0.3) is 0 Å². The number of hydrogen-bond donors (Lipinski definition) is 1. The van der Waals surface area contributed by atoms with E-state index in [1.54, 1.807) is 16.7 Å². The Bertz CT molecular complexity index is 724. The standard InChI is InChI=1S/C17H17N3OS/c1-20-14-10-6-5-9-13(14)17(16(20)21)19-18-15(22-17)11-12-7-3-2-4-8-12/h2-7,9-10,12,19H,8,11H2,1H3. The highest BCUT2D eigenvalue weighted by atomic mass is 32.2. The van der Waals surface area contributed by atoms with E-state index in [0.717, 1.165) is 29.1 Å². The molecule has 22 heavy (non-hydrogen) atoms. The van der Waals surface area contributed by atoms with E-state index in [2.05, 4.69) is 34.8 Å². The first-order valence-corrected chi connectivity index (χ1v) is 8.26. The molecule has 0 bridgehead atoms. The molecule has 1 spiro atoms. The second-order valence-corrected chi connectivity index (χ2v) is 7.08. The molecule has 5 heteroatoms. The number of hydrazone groups is 1. The van der Waals surface area contributed by atoms with E-state index in [0.29, 0.717) is 5.92 Å². The third kappa shape index (κ3) is 1.92. The van der Waals surface area contributed by atoms with Gasteiger partial charge in [0.25, 0.3) is 5.91 Å². The number of anilines is 1. The highest BCUT2D eigenvalue weighted by Gasteiger charge is 2.54. The molecule has 2 unspecified atom stereocenters. The predicted molar refractivity (Wildman–Crippen MR) is 90.7 cm³/mol. The van der Waals surface area contributed by atoms with Gasteiger partial charge >= 0.3 is 0 Å². The van der Waals surface area contributed by atoms with Crippen molar-refractivity contribution in [2.75, 3.05) is 11.9 Å². The Morgan fingerprint density at radius 3 is 3.09 bits per heavy atom.